The van der Waals surface area contributed by atoms with E-state index in [2.05, 4.69) is 5.25 Å². The standard InChI is InChI=1S/C5H8OS/c1-3-5-7(6)4-2/h2H,3,5H2,1H3. The summed E-state index contributed by atoms with van der Waals surface area (Å²) in [5.74, 6) is 0.635. The van der Waals surface area contributed by atoms with Crippen LogP contribution in [0.15, 0.2) is 0 Å². The first-order chi connectivity index (χ1) is 3.31. The SMILES string of the molecule is C#CS(=O)CCC. The molecule has 0 bridgehead atoms. The Labute approximate surface area is 46.6 Å². The highest BCUT2D eigenvalue weighted by molar-refractivity contribution is 7.89. The summed E-state index contributed by atoms with van der Waals surface area (Å²) in [5, 5.41) is 2.14. The van der Waals surface area contributed by atoms with Gasteiger partial charge in [0, 0.05) is 5.75 Å². The van der Waals surface area contributed by atoms with Gasteiger partial charge in [-0.2, -0.15) is 0 Å². The molecule has 40 valence electrons. The van der Waals surface area contributed by atoms with Crippen LogP contribution in [0.3, 0.4) is 0 Å². The average molecular weight is 116 g/mol. The summed E-state index contributed by atoms with van der Waals surface area (Å²) in [6, 6.07) is 0. The van der Waals surface area contributed by atoms with Gasteiger partial charge in [0.1, 0.15) is 0 Å². The van der Waals surface area contributed by atoms with Crippen LogP contribution >= 0.6 is 0 Å². The number of hydrogen-bond acceptors (Lipinski definition) is 1. The van der Waals surface area contributed by atoms with Crippen molar-refractivity contribution in [1.29, 1.82) is 0 Å². The van der Waals surface area contributed by atoms with Crippen molar-refractivity contribution in [3.63, 3.8) is 0 Å². The van der Waals surface area contributed by atoms with E-state index in [4.69, 9.17) is 6.42 Å². The topological polar surface area (TPSA) is 17.1 Å². The van der Waals surface area contributed by atoms with Gasteiger partial charge in [0.25, 0.3) is 0 Å². The zero-order chi connectivity index (χ0) is 5.70. The molecule has 0 aromatic heterocycles. The van der Waals surface area contributed by atoms with Crippen LogP contribution in [0.25, 0.3) is 0 Å². The largest absolute Gasteiger partial charge is 0.246 e. The summed E-state index contributed by atoms with van der Waals surface area (Å²) >= 11 is 0. The second-order valence-electron chi connectivity index (χ2n) is 1.17. The van der Waals surface area contributed by atoms with E-state index in [1.807, 2.05) is 6.92 Å². The molecule has 0 rings (SSSR count). The maximum absolute atomic E-state index is 10.3. The fourth-order valence-electron chi connectivity index (χ4n) is 0.244. The van der Waals surface area contributed by atoms with Gasteiger partial charge in [0.2, 0.25) is 0 Å². The number of rotatable bonds is 2. The Kier molecular flexibility index (Phi) is 3.72. The molecule has 0 aliphatic heterocycles. The van der Waals surface area contributed by atoms with Crippen molar-refractivity contribution in [1.82, 2.24) is 0 Å². The van der Waals surface area contributed by atoms with Gasteiger partial charge < -0.3 is 0 Å². The average Bonchev–Trinajstić information content (AvgIpc) is 1.68. The fourth-order valence-corrected chi connectivity index (χ4v) is 0.733. The van der Waals surface area contributed by atoms with Gasteiger partial charge in [-0.1, -0.05) is 6.92 Å². The van der Waals surface area contributed by atoms with Crippen LogP contribution < -0.4 is 0 Å². The van der Waals surface area contributed by atoms with Crippen molar-refractivity contribution >= 4 is 10.8 Å². The molecule has 1 atom stereocenters. The summed E-state index contributed by atoms with van der Waals surface area (Å²) in [6.07, 6.45) is 5.71. The number of terminal acetylenes is 1. The van der Waals surface area contributed by atoms with Crippen LogP contribution in [-0.4, -0.2) is 9.96 Å². The molecule has 2 heteroatoms. The van der Waals surface area contributed by atoms with E-state index in [0.717, 1.165) is 6.42 Å². The fraction of sp³-hybridized carbons (Fsp3) is 0.600. The van der Waals surface area contributed by atoms with Crippen LogP contribution in [0.1, 0.15) is 13.3 Å². The Morgan fingerprint density at radius 2 is 2.43 bits per heavy atom. The Hall–Kier alpha value is -0.290. The molecule has 0 saturated heterocycles. The molecule has 0 N–H and O–H groups in total. The second-order valence-corrected chi connectivity index (χ2v) is 2.50. The number of hydrogen-bond donors (Lipinski definition) is 0. The first-order valence-electron chi connectivity index (χ1n) is 2.16. The molecule has 0 aliphatic rings. The first-order valence-corrected chi connectivity index (χ1v) is 3.47. The van der Waals surface area contributed by atoms with Crippen molar-refractivity contribution in [3.05, 3.63) is 0 Å². The lowest BCUT2D eigenvalue weighted by Crippen LogP contribution is -1.88. The summed E-state index contributed by atoms with van der Waals surface area (Å²) < 4.78 is 10.3. The quantitative estimate of drug-likeness (QED) is 0.486. The normalized spacial score (nSPS) is 12.6. The van der Waals surface area contributed by atoms with Crippen molar-refractivity contribution in [2.24, 2.45) is 0 Å². The Bertz CT molecular complexity index is 101. The zero-order valence-electron chi connectivity index (χ0n) is 4.31. The Morgan fingerprint density at radius 1 is 1.86 bits per heavy atom. The van der Waals surface area contributed by atoms with Crippen molar-refractivity contribution in [2.75, 3.05) is 5.75 Å². The van der Waals surface area contributed by atoms with Gasteiger partial charge in [-0.3, -0.25) is 0 Å². The third kappa shape index (κ3) is 3.54. The summed E-state index contributed by atoms with van der Waals surface area (Å²) in [4.78, 5) is 0. The maximum Gasteiger partial charge on any atom is 0.0971 e. The molecule has 0 spiro atoms. The molecule has 1 nitrogen and oxygen atoms in total. The first kappa shape index (κ1) is 6.71. The van der Waals surface area contributed by atoms with Gasteiger partial charge in [0.15, 0.2) is 0 Å². The van der Waals surface area contributed by atoms with E-state index in [1.165, 1.54) is 0 Å². The third-order valence-corrected chi connectivity index (χ3v) is 1.56. The van der Waals surface area contributed by atoms with E-state index in [9.17, 15) is 4.21 Å². The smallest absolute Gasteiger partial charge is 0.0971 e. The summed E-state index contributed by atoms with van der Waals surface area (Å²) in [5.41, 5.74) is 0. The van der Waals surface area contributed by atoms with Gasteiger partial charge in [-0.15, -0.1) is 6.42 Å². The molecule has 0 heterocycles. The van der Waals surface area contributed by atoms with Gasteiger partial charge in [-0.05, 0) is 11.7 Å². The molecule has 0 amide bonds. The molecule has 0 aromatic carbocycles. The van der Waals surface area contributed by atoms with Gasteiger partial charge >= 0.3 is 0 Å². The van der Waals surface area contributed by atoms with Crippen LogP contribution in [0, 0.1) is 11.7 Å². The molecular formula is C5H8OS. The van der Waals surface area contributed by atoms with Crippen molar-refractivity contribution in [2.45, 2.75) is 13.3 Å². The van der Waals surface area contributed by atoms with Crippen LogP contribution in [0.5, 0.6) is 0 Å². The molecule has 7 heavy (non-hydrogen) atoms. The minimum absolute atomic E-state index is 0.635. The minimum atomic E-state index is -0.999. The van der Waals surface area contributed by atoms with E-state index in [-0.39, 0.29) is 0 Å². The van der Waals surface area contributed by atoms with E-state index >= 15 is 0 Å². The predicted octanol–water partition coefficient (Wildman–Crippen LogP) is 0.736. The van der Waals surface area contributed by atoms with E-state index < -0.39 is 10.8 Å². The zero-order valence-corrected chi connectivity index (χ0v) is 5.12. The van der Waals surface area contributed by atoms with Crippen LogP contribution in [-0.2, 0) is 10.8 Å². The third-order valence-electron chi connectivity index (χ3n) is 0.521. The second kappa shape index (κ2) is 3.89. The highest BCUT2D eigenvalue weighted by Crippen LogP contribution is 1.80. The lowest BCUT2D eigenvalue weighted by molar-refractivity contribution is 0.688. The highest BCUT2D eigenvalue weighted by atomic mass is 32.2. The monoisotopic (exact) mass is 116 g/mol. The van der Waals surface area contributed by atoms with Gasteiger partial charge in [-0.25, -0.2) is 4.21 Å². The predicted molar refractivity (Wildman–Crippen MR) is 32.1 cm³/mol. The molecule has 0 aromatic rings. The molecular weight excluding hydrogens is 108 g/mol. The van der Waals surface area contributed by atoms with Gasteiger partial charge in [0.05, 0.1) is 10.8 Å². The lowest BCUT2D eigenvalue weighted by Gasteiger charge is -1.82. The van der Waals surface area contributed by atoms with Crippen LogP contribution in [0.4, 0.5) is 0 Å². The molecule has 0 radical (unpaired) electrons. The summed E-state index contributed by atoms with van der Waals surface area (Å²) in [6.45, 7) is 1.95. The van der Waals surface area contributed by atoms with E-state index in [1.54, 1.807) is 0 Å². The molecule has 1 unspecified atom stereocenters. The molecule has 0 saturated carbocycles. The Balaban J connectivity index is 3.24. The Morgan fingerprint density at radius 3 is 2.57 bits per heavy atom. The van der Waals surface area contributed by atoms with Crippen molar-refractivity contribution < 1.29 is 4.21 Å². The summed E-state index contributed by atoms with van der Waals surface area (Å²) in [7, 11) is -0.999. The molecule has 0 aliphatic carbocycles. The highest BCUT2D eigenvalue weighted by Gasteiger charge is 1.85. The maximum atomic E-state index is 10.3. The lowest BCUT2D eigenvalue weighted by atomic mass is 10.6. The minimum Gasteiger partial charge on any atom is -0.246 e. The van der Waals surface area contributed by atoms with Crippen molar-refractivity contribution in [3.8, 4) is 11.7 Å². The van der Waals surface area contributed by atoms with E-state index in [0.29, 0.717) is 5.75 Å². The molecule has 0 fully saturated rings. The van der Waals surface area contributed by atoms with Crippen LogP contribution in [0.2, 0.25) is 0 Å².